The van der Waals surface area contributed by atoms with Crippen molar-refractivity contribution < 1.29 is 9.47 Å². The second-order valence-electron chi connectivity index (χ2n) is 2.90. The molecule has 0 saturated carbocycles. The Morgan fingerprint density at radius 2 is 2.00 bits per heavy atom. The van der Waals surface area contributed by atoms with Crippen LogP contribution in [0.15, 0.2) is 24.3 Å². The predicted octanol–water partition coefficient (Wildman–Crippen LogP) is 1.15. The van der Waals surface area contributed by atoms with Gasteiger partial charge in [0.05, 0.1) is 5.84 Å². The molecule has 0 atom stereocenters. The smallest absolute Gasteiger partial charge is 0.188 e. The van der Waals surface area contributed by atoms with Crippen LogP contribution >= 0.6 is 0 Å². The molecule has 0 aliphatic heterocycles. The lowest BCUT2D eigenvalue weighted by molar-refractivity contribution is 0.0511. The summed E-state index contributed by atoms with van der Waals surface area (Å²) in [6.45, 7) is 0.242. The number of benzene rings is 1. The van der Waals surface area contributed by atoms with E-state index in [1.807, 2.05) is 24.3 Å². The van der Waals surface area contributed by atoms with E-state index in [1.165, 1.54) is 0 Å². The molecule has 1 aromatic rings. The molecule has 0 radical (unpaired) electrons. The van der Waals surface area contributed by atoms with Gasteiger partial charge in [0.2, 0.25) is 0 Å². The molecule has 1 rings (SSSR count). The van der Waals surface area contributed by atoms with Crippen LogP contribution in [0.25, 0.3) is 0 Å². The zero-order valence-corrected chi connectivity index (χ0v) is 8.12. The van der Waals surface area contributed by atoms with Gasteiger partial charge in [-0.05, 0) is 17.7 Å². The van der Waals surface area contributed by atoms with Gasteiger partial charge in [0.25, 0.3) is 0 Å². The molecule has 0 amide bonds. The average molecular weight is 194 g/mol. The van der Waals surface area contributed by atoms with Crippen LogP contribution in [-0.2, 0) is 11.2 Å². The number of amidine groups is 1. The number of nitrogens with one attached hydrogen (secondary N) is 1. The van der Waals surface area contributed by atoms with E-state index in [0.717, 1.165) is 11.3 Å². The van der Waals surface area contributed by atoms with Gasteiger partial charge >= 0.3 is 0 Å². The van der Waals surface area contributed by atoms with Gasteiger partial charge in [0.1, 0.15) is 5.75 Å². The van der Waals surface area contributed by atoms with Gasteiger partial charge in [-0.15, -0.1) is 0 Å². The number of hydrogen-bond acceptors (Lipinski definition) is 3. The Hall–Kier alpha value is -1.55. The summed E-state index contributed by atoms with van der Waals surface area (Å²) in [5.74, 6) is 0.912. The molecule has 14 heavy (non-hydrogen) atoms. The molecule has 4 nitrogen and oxygen atoms in total. The predicted molar refractivity (Wildman–Crippen MR) is 54.6 cm³/mol. The minimum atomic E-state index is 0.163. The van der Waals surface area contributed by atoms with E-state index in [1.54, 1.807) is 7.11 Å². The van der Waals surface area contributed by atoms with Gasteiger partial charge in [-0.2, -0.15) is 0 Å². The Labute approximate surface area is 83.1 Å². The van der Waals surface area contributed by atoms with E-state index in [2.05, 4.69) is 0 Å². The van der Waals surface area contributed by atoms with Crippen molar-refractivity contribution in [2.75, 3.05) is 13.9 Å². The summed E-state index contributed by atoms with van der Waals surface area (Å²) in [7, 11) is 1.57. The fourth-order valence-electron chi connectivity index (χ4n) is 1.05. The van der Waals surface area contributed by atoms with Crippen molar-refractivity contribution in [1.82, 2.24) is 0 Å². The molecule has 3 N–H and O–H groups in total. The number of ether oxygens (including phenoxy) is 2. The van der Waals surface area contributed by atoms with Crippen LogP contribution in [0.2, 0.25) is 0 Å². The van der Waals surface area contributed by atoms with Crippen molar-refractivity contribution in [2.24, 2.45) is 5.73 Å². The maximum absolute atomic E-state index is 7.12. The molecule has 0 saturated heterocycles. The first-order chi connectivity index (χ1) is 6.72. The second-order valence-corrected chi connectivity index (χ2v) is 2.90. The van der Waals surface area contributed by atoms with E-state index in [0.29, 0.717) is 6.42 Å². The summed E-state index contributed by atoms with van der Waals surface area (Å²) in [6, 6.07) is 7.42. The molecule has 0 heterocycles. The van der Waals surface area contributed by atoms with Crippen molar-refractivity contribution in [3.8, 4) is 5.75 Å². The van der Waals surface area contributed by atoms with E-state index >= 15 is 0 Å². The number of nitrogens with two attached hydrogens (primary N) is 1. The largest absolute Gasteiger partial charge is 0.468 e. The summed E-state index contributed by atoms with van der Waals surface area (Å²) < 4.78 is 9.97. The van der Waals surface area contributed by atoms with Crippen LogP contribution in [0.1, 0.15) is 5.56 Å². The lowest BCUT2D eigenvalue weighted by Crippen LogP contribution is -2.12. The summed E-state index contributed by atoms with van der Waals surface area (Å²) in [6.07, 6.45) is 0.477. The van der Waals surface area contributed by atoms with Gasteiger partial charge in [-0.1, -0.05) is 12.1 Å². The van der Waals surface area contributed by atoms with Gasteiger partial charge < -0.3 is 15.2 Å². The van der Waals surface area contributed by atoms with Crippen LogP contribution in [0.3, 0.4) is 0 Å². The lowest BCUT2D eigenvalue weighted by Gasteiger charge is -2.05. The van der Waals surface area contributed by atoms with Gasteiger partial charge in [-0.25, -0.2) is 0 Å². The summed E-state index contributed by atoms with van der Waals surface area (Å²) >= 11 is 0. The standard InChI is InChI=1S/C10H14N2O2/c1-13-7-14-9-4-2-8(3-5-9)6-10(11)12/h2-5H,6-7H2,1H3,(H3,11,12). The number of hydrogen-bond donors (Lipinski definition) is 2. The van der Waals surface area contributed by atoms with Crippen LogP contribution in [0, 0.1) is 5.41 Å². The van der Waals surface area contributed by atoms with E-state index in [-0.39, 0.29) is 12.6 Å². The van der Waals surface area contributed by atoms with E-state index < -0.39 is 0 Å². The maximum atomic E-state index is 7.12. The van der Waals surface area contributed by atoms with Crippen LogP contribution < -0.4 is 10.5 Å². The summed E-state index contributed by atoms with van der Waals surface area (Å²) in [5, 5.41) is 7.12. The van der Waals surface area contributed by atoms with Crippen LogP contribution in [0.5, 0.6) is 5.75 Å². The van der Waals surface area contributed by atoms with Crippen molar-refractivity contribution in [3.63, 3.8) is 0 Å². The van der Waals surface area contributed by atoms with Gasteiger partial charge in [0.15, 0.2) is 6.79 Å². The molecule has 76 valence electrons. The molecule has 0 aliphatic carbocycles. The second kappa shape index (κ2) is 5.24. The van der Waals surface area contributed by atoms with Gasteiger partial charge in [0, 0.05) is 13.5 Å². The Morgan fingerprint density at radius 1 is 1.36 bits per heavy atom. The monoisotopic (exact) mass is 194 g/mol. The molecule has 0 spiro atoms. The molecule has 4 heteroatoms. The molecular weight excluding hydrogens is 180 g/mol. The molecule has 0 fully saturated rings. The van der Waals surface area contributed by atoms with Gasteiger partial charge in [-0.3, -0.25) is 5.41 Å². The highest BCUT2D eigenvalue weighted by Gasteiger charge is 1.96. The van der Waals surface area contributed by atoms with Crippen LogP contribution in [0.4, 0.5) is 0 Å². The minimum absolute atomic E-state index is 0.163. The Bertz CT molecular complexity index is 295. The normalized spacial score (nSPS) is 9.79. The fraction of sp³-hybridized carbons (Fsp3) is 0.300. The van der Waals surface area contributed by atoms with Crippen LogP contribution in [-0.4, -0.2) is 19.7 Å². The highest BCUT2D eigenvalue weighted by molar-refractivity contribution is 5.79. The molecule has 0 bridgehead atoms. The first kappa shape index (κ1) is 10.5. The number of methoxy groups -OCH3 is 1. The molecule has 1 aromatic carbocycles. The topological polar surface area (TPSA) is 68.3 Å². The third-order valence-electron chi connectivity index (χ3n) is 1.66. The Balaban J connectivity index is 2.54. The number of rotatable bonds is 5. The zero-order chi connectivity index (χ0) is 10.4. The SMILES string of the molecule is COCOc1ccc(CC(=N)N)cc1. The third-order valence-corrected chi connectivity index (χ3v) is 1.66. The third kappa shape index (κ3) is 3.45. The first-order valence-electron chi connectivity index (χ1n) is 4.26. The Kier molecular flexibility index (Phi) is 3.94. The average Bonchev–Trinajstić information content (AvgIpc) is 2.16. The van der Waals surface area contributed by atoms with Crippen molar-refractivity contribution in [1.29, 1.82) is 5.41 Å². The van der Waals surface area contributed by atoms with E-state index in [9.17, 15) is 0 Å². The molecule has 0 aliphatic rings. The summed E-state index contributed by atoms with van der Waals surface area (Å²) in [4.78, 5) is 0. The van der Waals surface area contributed by atoms with Crippen molar-refractivity contribution >= 4 is 5.84 Å². The highest BCUT2D eigenvalue weighted by atomic mass is 16.7. The van der Waals surface area contributed by atoms with Crippen molar-refractivity contribution in [3.05, 3.63) is 29.8 Å². The Morgan fingerprint density at radius 3 is 2.50 bits per heavy atom. The van der Waals surface area contributed by atoms with E-state index in [4.69, 9.17) is 20.6 Å². The first-order valence-corrected chi connectivity index (χ1v) is 4.26. The molecule has 0 unspecified atom stereocenters. The fourth-order valence-corrected chi connectivity index (χ4v) is 1.05. The van der Waals surface area contributed by atoms with Crippen molar-refractivity contribution in [2.45, 2.75) is 6.42 Å². The molecular formula is C10H14N2O2. The summed E-state index contributed by atoms with van der Waals surface area (Å²) in [5.41, 5.74) is 6.28. The quantitative estimate of drug-likeness (QED) is 0.419. The molecule has 0 aromatic heterocycles. The highest BCUT2D eigenvalue weighted by Crippen LogP contribution is 2.12. The lowest BCUT2D eigenvalue weighted by atomic mass is 10.1. The zero-order valence-electron chi connectivity index (χ0n) is 8.12. The minimum Gasteiger partial charge on any atom is -0.468 e. The maximum Gasteiger partial charge on any atom is 0.188 e.